The zero-order valence-electron chi connectivity index (χ0n) is 10.0. The van der Waals surface area contributed by atoms with Crippen molar-refractivity contribution >= 4 is 15.7 Å². The van der Waals surface area contributed by atoms with Crippen molar-refractivity contribution in [2.45, 2.75) is 4.90 Å². The third kappa shape index (κ3) is 2.29. The molecule has 0 amide bonds. The summed E-state index contributed by atoms with van der Waals surface area (Å²) in [5.41, 5.74) is 6.25. The Morgan fingerprint density at radius 2 is 2.21 bits per heavy atom. The first-order chi connectivity index (χ1) is 8.99. The monoisotopic (exact) mass is 277 g/mol. The summed E-state index contributed by atoms with van der Waals surface area (Å²) in [5.74, 6) is 0.0947. The van der Waals surface area contributed by atoms with Crippen molar-refractivity contribution in [2.75, 3.05) is 12.8 Å². The van der Waals surface area contributed by atoms with Gasteiger partial charge in [0.15, 0.2) is 0 Å². The Bertz CT molecular complexity index is 758. The van der Waals surface area contributed by atoms with Gasteiger partial charge in [-0.2, -0.15) is 5.26 Å². The highest BCUT2D eigenvalue weighted by Crippen LogP contribution is 2.23. The van der Waals surface area contributed by atoms with Gasteiger partial charge in [0.2, 0.25) is 15.8 Å². The molecule has 3 N–H and O–H groups in total. The highest BCUT2D eigenvalue weighted by molar-refractivity contribution is 7.89. The molecule has 0 fully saturated rings. The van der Waals surface area contributed by atoms with Gasteiger partial charge in [0.1, 0.15) is 11.0 Å². The molecular weight excluding hydrogens is 266 g/mol. The summed E-state index contributed by atoms with van der Waals surface area (Å²) in [6.45, 7) is 0. The van der Waals surface area contributed by atoms with Crippen LogP contribution in [0.15, 0.2) is 35.5 Å². The van der Waals surface area contributed by atoms with Crippen LogP contribution in [0.1, 0.15) is 5.82 Å². The Labute approximate surface area is 110 Å². The summed E-state index contributed by atoms with van der Waals surface area (Å²) in [7, 11) is -2.38. The molecule has 7 nitrogen and oxygen atoms in total. The first-order valence-electron chi connectivity index (χ1n) is 5.26. The van der Waals surface area contributed by atoms with Crippen molar-refractivity contribution in [3.63, 3.8) is 0 Å². The molecule has 0 saturated carbocycles. The van der Waals surface area contributed by atoms with Gasteiger partial charge < -0.3 is 5.73 Å². The van der Waals surface area contributed by atoms with Gasteiger partial charge in [-0.25, -0.2) is 18.1 Å². The van der Waals surface area contributed by atoms with Crippen LogP contribution in [0.3, 0.4) is 0 Å². The van der Waals surface area contributed by atoms with Gasteiger partial charge in [0.05, 0.1) is 5.69 Å². The van der Waals surface area contributed by atoms with Crippen LogP contribution in [0, 0.1) is 11.3 Å². The van der Waals surface area contributed by atoms with E-state index in [-0.39, 0.29) is 10.7 Å². The van der Waals surface area contributed by atoms with E-state index in [1.54, 1.807) is 6.07 Å². The topological polar surface area (TPSA) is 114 Å². The fourth-order valence-electron chi connectivity index (χ4n) is 1.64. The minimum atomic E-state index is -3.69. The van der Waals surface area contributed by atoms with Crippen molar-refractivity contribution in [3.05, 3.63) is 36.4 Å². The summed E-state index contributed by atoms with van der Waals surface area (Å²) >= 11 is 0. The summed E-state index contributed by atoms with van der Waals surface area (Å²) in [6.07, 6.45) is 2.93. The molecule has 1 aromatic heterocycles. The van der Waals surface area contributed by atoms with E-state index in [4.69, 9.17) is 11.0 Å². The van der Waals surface area contributed by atoms with E-state index in [0.29, 0.717) is 11.4 Å². The number of nitriles is 1. The van der Waals surface area contributed by atoms with Crippen molar-refractivity contribution in [3.8, 4) is 11.8 Å². The fraction of sp³-hybridized carbons (Fsp3) is 0.0909. The standard InChI is InChI=1S/C11H11N5O2S/c1-14-19(17,18)10-6-8(13)2-3-9(10)16-5-4-15-11(16)7-12/h2-6,14H,13H2,1H3. The molecule has 0 spiro atoms. The smallest absolute Gasteiger partial charge is 0.242 e. The van der Waals surface area contributed by atoms with Gasteiger partial charge in [-0.15, -0.1) is 0 Å². The van der Waals surface area contributed by atoms with E-state index < -0.39 is 10.0 Å². The molecule has 8 heteroatoms. The number of imidazole rings is 1. The number of hydrogen-bond donors (Lipinski definition) is 2. The van der Waals surface area contributed by atoms with E-state index in [9.17, 15) is 8.42 Å². The first kappa shape index (κ1) is 13.1. The summed E-state index contributed by atoms with van der Waals surface area (Å²) in [6, 6.07) is 6.32. The average molecular weight is 277 g/mol. The summed E-state index contributed by atoms with van der Waals surface area (Å²) in [5, 5.41) is 8.95. The molecule has 0 aliphatic heterocycles. The lowest BCUT2D eigenvalue weighted by Gasteiger charge is -2.11. The predicted octanol–water partition coefficient (Wildman–Crippen LogP) is 0.234. The van der Waals surface area contributed by atoms with Crippen LogP contribution in [-0.2, 0) is 10.0 Å². The second-order valence-corrected chi connectivity index (χ2v) is 5.52. The number of sulfonamides is 1. The van der Waals surface area contributed by atoms with E-state index in [1.807, 2.05) is 6.07 Å². The van der Waals surface area contributed by atoms with Crippen LogP contribution in [0.5, 0.6) is 0 Å². The van der Waals surface area contributed by atoms with Gasteiger partial charge >= 0.3 is 0 Å². The lowest BCUT2D eigenvalue weighted by Crippen LogP contribution is -2.21. The molecule has 0 aliphatic rings. The van der Waals surface area contributed by atoms with Crippen LogP contribution >= 0.6 is 0 Å². The van der Waals surface area contributed by atoms with Gasteiger partial charge in [0.25, 0.3) is 0 Å². The van der Waals surface area contributed by atoms with Gasteiger partial charge in [0, 0.05) is 18.1 Å². The third-order valence-electron chi connectivity index (χ3n) is 2.54. The van der Waals surface area contributed by atoms with E-state index >= 15 is 0 Å². The van der Waals surface area contributed by atoms with Gasteiger partial charge in [-0.1, -0.05) is 0 Å². The Balaban J connectivity index is 2.76. The maximum Gasteiger partial charge on any atom is 0.242 e. The highest BCUT2D eigenvalue weighted by Gasteiger charge is 2.19. The third-order valence-corrected chi connectivity index (χ3v) is 3.99. The number of aromatic nitrogens is 2. The molecule has 0 bridgehead atoms. The highest BCUT2D eigenvalue weighted by atomic mass is 32.2. The van der Waals surface area contributed by atoms with Gasteiger partial charge in [-0.05, 0) is 25.2 Å². The normalized spacial score (nSPS) is 11.2. The number of benzene rings is 1. The maximum absolute atomic E-state index is 12.0. The molecular formula is C11H11N5O2S. The maximum atomic E-state index is 12.0. The molecule has 98 valence electrons. The molecule has 0 saturated heterocycles. The quantitative estimate of drug-likeness (QED) is 0.780. The minimum Gasteiger partial charge on any atom is -0.399 e. The summed E-state index contributed by atoms with van der Waals surface area (Å²) < 4.78 is 27.6. The number of nitrogens with two attached hydrogens (primary N) is 1. The van der Waals surface area contributed by atoms with Crippen molar-refractivity contribution in [2.24, 2.45) is 0 Å². The fourth-order valence-corrected chi connectivity index (χ4v) is 2.59. The number of rotatable bonds is 3. The van der Waals surface area contributed by atoms with E-state index in [1.165, 1.54) is 36.1 Å². The number of hydrogen-bond acceptors (Lipinski definition) is 5. The van der Waals surface area contributed by atoms with Crippen molar-refractivity contribution < 1.29 is 8.42 Å². The lowest BCUT2D eigenvalue weighted by molar-refractivity contribution is 0.587. The second-order valence-electron chi connectivity index (χ2n) is 3.67. The number of nitrogens with zero attached hydrogens (tertiary/aromatic N) is 3. The minimum absolute atomic E-state index is 0.00972. The molecule has 0 unspecified atom stereocenters. The Morgan fingerprint density at radius 1 is 1.47 bits per heavy atom. The number of nitrogens with one attached hydrogen (secondary N) is 1. The zero-order valence-corrected chi connectivity index (χ0v) is 10.8. The molecule has 0 atom stereocenters. The summed E-state index contributed by atoms with van der Waals surface area (Å²) in [4.78, 5) is 3.83. The van der Waals surface area contributed by atoms with Crippen LogP contribution in [-0.4, -0.2) is 25.0 Å². The molecule has 1 heterocycles. The SMILES string of the molecule is CNS(=O)(=O)c1cc(N)ccc1-n1ccnc1C#N. The first-order valence-corrected chi connectivity index (χ1v) is 6.75. The van der Waals surface area contributed by atoms with Crippen LogP contribution in [0.25, 0.3) is 5.69 Å². The Hall–Kier alpha value is -2.37. The van der Waals surface area contributed by atoms with Gasteiger partial charge in [-0.3, -0.25) is 4.57 Å². The number of anilines is 1. The lowest BCUT2D eigenvalue weighted by atomic mass is 10.3. The molecule has 2 rings (SSSR count). The van der Waals surface area contributed by atoms with E-state index in [2.05, 4.69) is 9.71 Å². The average Bonchev–Trinajstić information content (AvgIpc) is 2.86. The Kier molecular flexibility index (Phi) is 3.25. The molecule has 2 aromatic rings. The van der Waals surface area contributed by atoms with Crippen LogP contribution < -0.4 is 10.5 Å². The molecule has 0 aliphatic carbocycles. The van der Waals surface area contributed by atoms with Crippen LogP contribution in [0.4, 0.5) is 5.69 Å². The zero-order chi connectivity index (χ0) is 14.0. The Morgan fingerprint density at radius 3 is 2.84 bits per heavy atom. The van der Waals surface area contributed by atoms with Crippen molar-refractivity contribution in [1.29, 1.82) is 5.26 Å². The molecule has 0 radical (unpaired) electrons. The largest absolute Gasteiger partial charge is 0.399 e. The molecule has 19 heavy (non-hydrogen) atoms. The van der Waals surface area contributed by atoms with Crippen LogP contribution in [0.2, 0.25) is 0 Å². The van der Waals surface area contributed by atoms with Crippen molar-refractivity contribution in [1.82, 2.24) is 14.3 Å². The number of nitrogen functional groups attached to an aromatic ring is 1. The predicted molar refractivity (Wildman–Crippen MR) is 68.9 cm³/mol. The second kappa shape index (κ2) is 4.72. The molecule has 1 aromatic carbocycles. The van der Waals surface area contributed by atoms with E-state index in [0.717, 1.165) is 0 Å².